The van der Waals surface area contributed by atoms with Gasteiger partial charge in [-0.25, -0.2) is 0 Å². The number of carbonyl (C=O) groups excluding carboxylic acids is 2. The Labute approximate surface area is 106 Å². The summed E-state index contributed by atoms with van der Waals surface area (Å²) < 4.78 is 10.4. The van der Waals surface area contributed by atoms with Crippen LogP contribution >= 0.6 is 0 Å². The molecule has 96 valence electrons. The van der Waals surface area contributed by atoms with Gasteiger partial charge < -0.3 is 9.47 Å². The zero-order valence-corrected chi connectivity index (χ0v) is 10.6. The molecule has 0 N–H and O–H groups in total. The summed E-state index contributed by atoms with van der Waals surface area (Å²) in [5.74, 6) is 1.10. The van der Waals surface area contributed by atoms with Crippen molar-refractivity contribution < 1.29 is 19.1 Å². The second-order valence-electron chi connectivity index (χ2n) is 4.39. The monoisotopic (exact) mass is 248 g/mol. The number of Topliss-reactive ketones (excluding diaryl/α,β-unsaturated/α-hetero) is 2. The van der Waals surface area contributed by atoms with Gasteiger partial charge in [-0.15, -0.1) is 0 Å². The second kappa shape index (κ2) is 5.21. The summed E-state index contributed by atoms with van der Waals surface area (Å²) in [5, 5.41) is 0. The van der Waals surface area contributed by atoms with Crippen LogP contribution in [0.1, 0.15) is 30.7 Å². The molecule has 1 unspecified atom stereocenters. The first-order valence-corrected chi connectivity index (χ1v) is 5.92. The van der Waals surface area contributed by atoms with E-state index in [9.17, 15) is 9.59 Å². The van der Waals surface area contributed by atoms with E-state index in [1.165, 1.54) is 0 Å². The van der Waals surface area contributed by atoms with Crippen LogP contribution < -0.4 is 9.47 Å². The van der Waals surface area contributed by atoms with Crippen molar-refractivity contribution in [2.45, 2.75) is 25.2 Å². The molecule has 1 saturated carbocycles. The zero-order chi connectivity index (χ0) is 13.1. The van der Waals surface area contributed by atoms with Gasteiger partial charge in [0.25, 0.3) is 0 Å². The highest BCUT2D eigenvalue weighted by Crippen LogP contribution is 2.34. The predicted molar refractivity (Wildman–Crippen MR) is 66.2 cm³/mol. The van der Waals surface area contributed by atoms with Crippen LogP contribution in [-0.4, -0.2) is 25.8 Å². The first kappa shape index (κ1) is 12.6. The largest absolute Gasteiger partial charge is 0.493 e. The molecule has 1 aromatic rings. The topological polar surface area (TPSA) is 52.6 Å². The van der Waals surface area contributed by atoms with Crippen molar-refractivity contribution in [2.24, 2.45) is 0 Å². The lowest BCUT2D eigenvalue weighted by Crippen LogP contribution is -2.23. The molecule has 0 bridgehead atoms. The van der Waals surface area contributed by atoms with Gasteiger partial charge >= 0.3 is 0 Å². The van der Waals surface area contributed by atoms with Crippen molar-refractivity contribution in [3.05, 3.63) is 23.8 Å². The maximum absolute atomic E-state index is 11.9. The fourth-order valence-corrected chi connectivity index (χ4v) is 2.29. The molecular formula is C14H16O4. The van der Waals surface area contributed by atoms with E-state index in [-0.39, 0.29) is 23.9 Å². The Balaban J connectivity index is 2.28. The molecular weight excluding hydrogens is 232 g/mol. The molecule has 0 radical (unpaired) electrons. The van der Waals surface area contributed by atoms with Crippen LogP contribution in [0, 0.1) is 0 Å². The van der Waals surface area contributed by atoms with Gasteiger partial charge in [-0.3, -0.25) is 9.59 Å². The SMILES string of the molecule is COc1ccc(C2CCC(=O)CC2=O)cc1OC. The quantitative estimate of drug-likeness (QED) is 0.769. The van der Waals surface area contributed by atoms with Crippen LogP contribution in [-0.2, 0) is 9.59 Å². The van der Waals surface area contributed by atoms with Crippen LogP contribution in [0.15, 0.2) is 18.2 Å². The minimum atomic E-state index is -0.192. The smallest absolute Gasteiger partial charge is 0.161 e. The maximum atomic E-state index is 11.9. The van der Waals surface area contributed by atoms with Crippen molar-refractivity contribution >= 4 is 11.6 Å². The summed E-state index contributed by atoms with van der Waals surface area (Å²) in [6.45, 7) is 0. The van der Waals surface area contributed by atoms with Gasteiger partial charge in [0, 0.05) is 12.3 Å². The van der Waals surface area contributed by atoms with E-state index in [4.69, 9.17) is 9.47 Å². The van der Waals surface area contributed by atoms with E-state index in [0.29, 0.717) is 24.3 Å². The number of hydrogen-bond acceptors (Lipinski definition) is 4. The molecule has 1 fully saturated rings. The third kappa shape index (κ3) is 2.37. The number of methoxy groups -OCH3 is 2. The second-order valence-corrected chi connectivity index (χ2v) is 4.39. The summed E-state index contributed by atoms with van der Waals surface area (Å²) in [7, 11) is 3.13. The lowest BCUT2D eigenvalue weighted by molar-refractivity contribution is -0.130. The van der Waals surface area contributed by atoms with Crippen molar-refractivity contribution in [1.82, 2.24) is 0 Å². The molecule has 1 aliphatic carbocycles. The molecule has 0 heterocycles. The molecule has 0 aliphatic heterocycles. The normalized spacial score (nSPS) is 19.8. The Bertz CT molecular complexity index is 479. The molecule has 0 saturated heterocycles. The highest BCUT2D eigenvalue weighted by Gasteiger charge is 2.28. The number of carbonyl (C=O) groups is 2. The van der Waals surface area contributed by atoms with Crippen molar-refractivity contribution in [3.63, 3.8) is 0 Å². The third-order valence-electron chi connectivity index (χ3n) is 3.28. The van der Waals surface area contributed by atoms with Gasteiger partial charge in [0.2, 0.25) is 0 Å². The molecule has 18 heavy (non-hydrogen) atoms. The molecule has 4 heteroatoms. The molecule has 4 nitrogen and oxygen atoms in total. The number of benzene rings is 1. The first-order valence-electron chi connectivity index (χ1n) is 5.92. The van der Waals surface area contributed by atoms with Crippen molar-refractivity contribution in [1.29, 1.82) is 0 Å². The molecule has 1 aromatic carbocycles. The zero-order valence-electron chi connectivity index (χ0n) is 10.6. The van der Waals surface area contributed by atoms with Crippen LogP contribution in [0.5, 0.6) is 11.5 Å². The van der Waals surface area contributed by atoms with E-state index in [0.717, 1.165) is 5.56 Å². The average Bonchev–Trinajstić information content (AvgIpc) is 2.38. The van der Waals surface area contributed by atoms with Crippen LogP contribution in [0.4, 0.5) is 0 Å². The summed E-state index contributed by atoms with van der Waals surface area (Å²) in [6.07, 6.45) is 1.12. The molecule has 2 rings (SSSR count). The van der Waals surface area contributed by atoms with Gasteiger partial charge in [-0.2, -0.15) is 0 Å². The van der Waals surface area contributed by atoms with Crippen LogP contribution in [0.3, 0.4) is 0 Å². The highest BCUT2D eigenvalue weighted by atomic mass is 16.5. The van der Waals surface area contributed by atoms with Crippen LogP contribution in [0.25, 0.3) is 0 Å². The molecule has 0 aromatic heterocycles. The first-order chi connectivity index (χ1) is 8.65. The lowest BCUT2D eigenvalue weighted by atomic mass is 9.82. The fraction of sp³-hybridized carbons (Fsp3) is 0.429. The number of ether oxygens (including phenoxy) is 2. The van der Waals surface area contributed by atoms with Gasteiger partial charge in [0.15, 0.2) is 11.5 Å². The van der Waals surface area contributed by atoms with Gasteiger partial charge in [-0.05, 0) is 24.1 Å². The Morgan fingerprint density at radius 1 is 1.11 bits per heavy atom. The van der Waals surface area contributed by atoms with Crippen molar-refractivity contribution in [3.8, 4) is 11.5 Å². The van der Waals surface area contributed by atoms with E-state index in [2.05, 4.69) is 0 Å². The van der Waals surface area contributed by atoms with E-state index >= 15 is 0 Å². The predicted octanol–water partition coefficient (Wildman–Crippen LogP) is 2.11. The number of rotatable bonds is 3. The van der Waals surface area contributed by atoms with Crippen LogP contribution in [0.2, 0.25) is 0 Å². The van der Waals surface area contributed by atoms with Gasteiger partial charge in [0.05, 0.1) is 20.6 Å². The van der Waals surface area contributed by atoms with E-state index < -0.39 is 0 Å². The number of ketones is 2. The Morgan fingerprint density at radius 2 is 1.83 bits per heavy atom. The van der Waals surface area contributed by atoms with Gasteiger partial charge in [0.1, 0.15) is 11.6 Å². The van der Waals surface area contributed by atoms with E-state index in [1.54, 1.807) is 20.3 Å². The van der Waals surface area contributed by atoms with Gasteiger partial charge in [-0.1, -0.05) is 6.07 Å². The Morgan fingerprint density at radius 3 is 2.44 bits per heavy atom. The summed E-state index contributed by atoms with van der Waals surface area (Å²) in [4.78, 5) is 23.1. The Hall–Kier alpha value is -1.84. The van der Waals surface area contributed by atoms with Crippen molar-refractivity contribution in [2.75, 3.05) is 14.2 Å². The summed E-state index contributed by atoms with van der Waals surface area (Å²) in [6, 6.07) is 5.47. The number of hydrogen-bond donors (Lipinski definition) is 0. The summed E-state index contributed by atoms with van der Waals surface area (Å²) >= 11 is 0. The van der Waals surface area contributed by atoms with E-state index in [1.807, 2.05) is 12.1 Å². The highest BCUT2D eigenvalue weighted by molar-refractivity contribution is 6.04. The molecule has 0 amide bonds. The summed E-state index contributed by atoms with van der Waals surface area (Å²) in [5.41, 5.74) is 0.894. The molecule has 1 aliphatic rings. The lowest BCUT2D eigenvalue weighted by Gasteiger charge is -2.21. The molecule has 0 spiro atoms. The minimum Gasteiger partial charge on any atom is -0.493 e. The third-order valence-corrected chi connectivity index (χ3v) is 3.28. The average molecular weight is 248 g/mol. The molecule has 1 atom stereocenters. The maximum Gasteiger partial charge on any atom is 0.161 e. The standard InChI is InChI=1S/C14H16O4/c1-17-13-6-3-9(7-14(13)18-2)11-5-4-10(15)8-12(11)16/h3,6-7,11H,4-5,8H2,1-2H3. The Kier molecular flexibility index (Phi) is 3.65. The fourth-order valence-electron chi connectivity index (χ4n) is 2.29. The minimum absolute atomic E-state index is 0.00142.